The van der Waals surface area contributed by atoms with E-state index < -0.39 is 0 Å². The molecule has 0 saturated heterocycles. The van der Waals surface area contributed by atoms with Gasteiger partial charge in [-0.3, -0.25) is 0 Å². The Bertz CT molecular complexity index is 750. The van der Waals surface area contributed by atoms with Crippen LogP contribution in [0.1, 0.15) is 35.6 Å². The summed E-state index contributed by atoms with van der Waals surface area (Å²) in [6, 6.07) is 18.6. The fourth-order valence-corrected chi connectivity index (χ4v) is 2.47. The average Bonchev–Trinajstić information content (AvgIpc) is 3.06. The van der Waals surface area contributed by atoms with Crippen molar-refractivity contribution in [1.82, 2.24) is 15.3 Å². The fraction of sp³-hybridized carbons (Fsp3) is 0.250. The second-order valence-electron chi connectivity index (χ2n) is 5.97. The minimum absolute atomic E-state index is 0.188. The van der Waals surface area contributed by atoms with Gasteiger partial charge in [-0.25, -0.2) is 4.98 Å². The van der Waals surface area contributed by atoms with Crippen LogP contribution in [0.2, 0.25) is 0 Å². The normalized spacial score (nSPS) is 12.1. The summed E-state index contributed by atoms with van der Waals surface area (Å²) < 4.78 is 5.81. The molecule has 0 fully saturated rings. The number of aromatic amines is 1. The summed E-state index contributed by atoms with van der Waals surface area (Å²) in [7, 11) is 0. The van der Waals surface area contributed by atoms with Gasteiger partial charge in [0.05, 0.1) is 6.04 Å². The third-order valence-electron chi connectivity index (χ3n) is 3.92. The van der Waals surface area contributed by atoms with Crippen molar-refractivity contribution in [1.29, 1.82) is 0 Å². The van der Waals surface area contributed by atoms with E-state index in [0.29, 0.717) is 6.61 Å². The van der Waals surface area contributed by atoms with Crippen LogP contribution >= 0.6 is 0 Å². The van der Waals surface area contributed by atoms with Crippen molar-refractivity contribution >= 4 is 0 Å². The van der Waals surface area contributed by atoms with Gasteiger partial charge in [-0.15, -0.1) is 0 Å². The standard InChI is InChI=1S/C20H23N3O/c1-15-12-22-20(23-15)16(2)21-13-17-8-10-19(11-9-17)24-14-18-6-4-3-5-7-18/h3-12,16,21H,13-14H2,1-2H3,(H,22,23). The van der Waals surface area contributed by atoms with Crippen molar-refractivity contribution in [2.24, 2.45) is 0 Å². The highest BCUT2D eigenvalue weighted by atomic mass is 16.5. The van der Waals surface area contributed by atoms with Crippen LogP contribution in [0.4, 0.5) is 0 Å². The minimum atomic E-state index is 0.188. The van der Waals surface area contributed by atoms with Gasteiger partial charge in [-0.05, 0) is 37.1 Å². The Morgan fingerprint density at radius 1 is 1.04 bits per heavy atom. The summed E-state index contributed by atoms with van der Waals surface area (Å²) in [5, 5.41) is 3.47. The third kappa shape index (κ3) is 4.46. The maximum absolute atomic E-state index is 5.81. The number of aromatic nitrogens is 2. The first-order valence-electron chi connectivity index (χ1n) is 8.21. The number of ether oxygens (including phenoxy) is 1. The summed E-state index contributed by atoms with van der Waals surface area (Å²) in [5.41, 5.74) is 3.47. The van der Waals surface area contributed by atoms with E-state index in [1.807, 2.05) is 43.5 Å². The van der Waals surface area contributed by atoms with Gasteiger partial charge in [0, 0.05) is 18.4 Å². The number of nitrogens with one attached hydrogen (secondary N) is 2. The lowest BCUT2D eigenvalue weighted by Crippen LogP contribution is -2.19. The quantitative estimate of drug-likeness (QED) is 0.687. The second kappa shape index (κ2) is 7.79. The zero-order chi connectivity index (χ0) is 16.8. The van der Waals surface area contributed by atoms with E-state index in [-0.39, 0.29) is 6.04 Å². The van der Waals surface area contributed by atoms with Gasteiger partial charge >= 0.3 is 0 Å². The SMILES string of the molecule is Cc1cnc(C(C)NCc2ccc(OCc3ccccc3)cc2)[nH]1. The summed E-state index contributed by atoms with van der Waals surface area (Å²) >= 11 is 0. The molecule has 0 spiro atoms. The maximum atomic E-state index is 5.81. The highest BCUT2D eigenvalue weighted by Crippen LogP contribution is 2.15. The largest absolute Gasteiger partial charge is 0.489 e. The first kappa shape index (κ1) is 16.3. The van der Waals surface area contributed by atoms with Gasteiger partial charge in [0.2, 0.25) is 0 Å². The zero-order valence-electron chi connectivity index (χ0n) is 14.1. The molecule has 1 atom stereocenters. The topological polar surface area (TPSA) is 49.9 Å². The van der Waals surface area contributed by atoms with Crippen LogP contribution in [0, 0.1) is 6.92 Å². The van der Waals surface area contributed by atoms with Crippen LogP contribution in [-0.4, -0.2) is 9.97 Å². The molecule has 0 amide bonds. The Morgan fingerprint density at radius 2 is 1.79 bits per heavy atom. The number of H-pyrrole nitrogens is 1. The van der Waals surface area contributed by atoms with Crippen LogP contribution in [0.5, 0.6) is 5.75 Å². The minimum Gasteiger partial charge on any atom is -0.489 e. The Hall–Kier alpha value is -2.59. The van der Waals surface area contributed by atoms with Crippen molar-refractivity contribution in [2.75, 3.05) is 0 Å². The van der Waals surface area contributed by atoms with E-state index in [9.17, 15) is 0 Å². The predicted molar refractivity (Wildman–Crippen MR) is 95.8 cm³/mol. The second-order valence-corrected chi connectivity index (χ2v) is 5.97. The molecule has 24 heavy (non-hydrogen) atoms. The molecular weight excluding hydrogens is 298 g/mol. The van der Waals surface area contributed by atoms with E-state index >= 15 is 0 Å². The van der Waals surface area contributed by atoms with Crippen LogP contribution < -0.4 is 10.1 Å². The van der Waals surface area contributed by atoms with E-state index in [1.165, 1.54) is 11.1 Å². The number of hydrogen-bond acceptors (Lipinski definition) is 3. The molecule has 0 aliphatic carbocycles. The summed E-state index contributed by atoms with van der Waals surface area (Å²) in [4.78, 5) is 7.62. The monoisotopic (exact) mass is 321 g/mol. The Morgan fingerprint density at radius 3 is 2.46 bits per heavy atom. The maximum Gasteiger partial charge on any atom is 0.123 e. The number of hydrogen-bond donors (Lipinski definition) is 2. The van der Waals surface area contributed by atoms with Crippen LogP contribution in [0.3, 0.4) is 0 Å². The first-order chi connectivity index (χ1) is 11.7. The highest BCUT2D eigenvalue weighted by Gasteiger charge is 2.08. The number of nitrogens with zero attached hydrogens (tertiary/aromatic N) is 1. The van der Waals surface area contributed by atoms with Crippen molar-refractivity contribution < 1.29 is 4.74 Å². The Labute approximate surface area is 142 Å². The lowest BCUT2D eigenvalue weighted by atomic mass is 10.2. The van der Waals surface area contributed by atoms with Gasteiger partial charge in [-0.2, -0.15) is 0 Å². The van der Waals surface area contributed by atoms with Crippen molar-refractivity contribution in [3.8, 4) is 5.75 Å². The Balaban J connectivity index is 1.49. The van der Waals surface area contributed by atoms with Crippen LogP contribution in [-0.2, 0) is 13.2 Å². The molecule has 0 aliphatic heterocycles. The van der Waals surface area contributed by atoms with Gasteiger partial charge in [0.1, 0.15) is 18.2 Å². The third-order valence-corrected chi connectivity index (χ3v) is 3.92. The van der Waals surface area contributed by atoms with E-state index in [2.05, 4.69) is 46.5 Å². The molecule has 1 heterocycles. The lowest BCUT2D eigenvalue weighted by molar-refractivity contribution is 0.306. The Kier molecular flexibility index (Phi) is 5.29. The highest BCUT2D eigenvalue weighted by molar-refractivity contribution is 5.28. The smallest absolute Gasteiger partial charge is 0.123 e. The average molecular weight is 321 g/mol. The molecule has 0 bridgehead atoms. The molecule has 1 unspecified atom stereocenters. The molecule has 0 saturated carbocycles. The molecule has 4 heteroatoms. The molecule has 0 aliphatic rings. The van der Waals surface area contributed by atoms with E-state index in [1.54, 1.807) is 0 Å². The molecule has 4 nitrogen and oxygen atoms in total. The van der Waals surface area contributed by atoms with Gasteiger partial charge in [-0.1, -0.05) is 42.5 Å². The van der Waals surface area contributed by atoms with Gasteiger partial charge < -0.3 is 15.0 Å². The zero-order valence-corrected chi connectivity index (χ0v) is 14.1. The van der Waals surface area contributed by atoms with Crippen molar-refractivity contribution in [2.45, 2.75) is 33.0 Å². The number of rotatable bonds is 7. The predicted octanol–water partition coefficient (Wildman–Crippen LogP) is 4.15. The van der Waals surface area contributed by atoms with Crippen LogP contribution in [0.15, 0.2) is 60.8 Å². The molecule has 3 rings (SSSR count). The van der Waals surface area contributed by atoms with Gasteiger partial charge in [0.15, 0.2) is 0 Å². The van der Waals surface area contributed by atoms with E-state index in [0.717, 1.165) is 23.8 Å². The van der Waals surface area contributed by atoms with Crippen LogP contribution in [0.25, 0.3) is 0 Å². The molecular formula is C20H23N3O. The number of aryl methyl sites for hydroxylation is 1. The van der Waals surface area contributed by atoms with Crippen molar-refractivity contribution in [3.05, 3.63) is 83.4 Å². The molecule has 2 N–H and O–H groups in total. The number of imidazole rings is 1. The molecule has 0 radical (unpaired) electrons. The molecule has 124 valence electrons. The first-order valence-corrected chi connectivity index (χ1v) is 8.21. The van der Waals surface area contributed by atoms with Gasteiger partial charge in [0.25, 0.3) is 0 Å². The number of benzene rings is 2. The summed E-state index contributed by atoms with van der Waals surface area (Å²) in [6.07, 6.45) is 1.85. The summed E-state index contributed by atoms with van der Waals surface area (Å²) in [5.74, 6) is 1.85. The summed E-state index contributed by atoms with van der Waals surface area (Å²) in [6.45, 7) is 5.50. The van der Waals surface area contributed by atoms with E-state index in [4.69, 9.17) is 4.74 Å². The van der Waals surface area contributed by atoms with Crippen molar-refractivity contribution in [3.63, 3.8) is 0 Å². The molecule has 3 aromatic rings. The fourth-order valence-electron chi connectivity index (χ4n) is 2.47. The molecule has 2 aromatic carbocycles. The molecule has 1 aromatic heterocycles. The lowest BCUT2D eigenvalue weighted by Gasteiger charge is -2.12.